The number of nitrogens with zero attached hydrogens (tertiary/aromatic N) is 1. The number of carbonyl (C=O) groups is 1. The number of para-hydroxylation sites is 1. The summed E-state index contributed by atoms with van der Waals surface area (Å²) in [6.45, 7) is 1.09. The predicted molar refractivity (Wildman–Crippen MR) is 71.0 cm³/mol. The van der Waals surface area contributed by atoms with Gasteiger partial charge in [0.2, 0.25) is 5.91 Å². The third-order valence-electron chi connectivity index (χ3n) is 3.36. The minimum absolute atomic E-state index is 0.240. The Morgan fingerprint density at radius 3 is 2.94 bits per heavy atom. The first kappa shape index (κ1) is 11.3. The summed E-state index contributed by atoms with van der Waals surface area (Å²) in [6, 6.07) is 8.93. The third-order valence-corrected chi connectivity index (χ3v) is 3.36. The number of rotatable bonds is 5. The number of amides is 1. The summed E-state index contributed by atoms with van der Waals surface area (Å²) in [5.41, 5.74) is 7.62. The van der Waals surface area contributed by atoms with Crippen LogP contribution in [0.1, 0.15) is 18.4 Å². The van der Waals surface area contributed by atoms with Crippen molar-refractivity contribution >= 4 is 16.8 Å². The molecule has 0 radical (unpaired) electrons. The Bertz CT molecular complexity index is 584. The monoisotopic (exact) mass is 243 g/mol. The number of nitrogens with two attached hydrogens (primary N) is 1. The van der Waals surface area contributed by atoms with E-state index in [-0.39, 0.29) is 12.5 Å². The average Bonchev–Trinajstić information content (AvgIpc) is 3.08. The molecule has 3 rings (SSSR count). The van der Waals surface area contributed by atoms with Crippen molar-refractivity contribution in [2.45, 2.75) is 32.0 Å². The quantitative estimate of drug-likeness (QED) is 0.833. The maximum atomic E-state index is 11.1. The molecule has 1 heterocycles. The Hall–Kier alpha value is -1.81. The van der Waals surface area contributed by atoms with Crippen LogP contribution in [0.2, 0.25) is 0 Å². The highest BCUT2D eigenvalue weighted by atomic mass is 16.1. The highest BCUT2D eigenvalue weighted by Gasteiger charge is 2.20. The average molecular weight is 243 g/mol. The zero-order chi connectivity index (χ0) is 12.5. The molecule has 1 fully saturated rings. The van der Waals surface area contributed by atoms with Crippen molar-refractivity contribution in [2.24, 2.45) is 5.73 Å². The fourth-order valence-corrected chi connectivity index (χ4v) is 2.32. The molecule has 1 aromatic carbocycles. The van der Waals surface area contributed by atoms with E-state index in [0.29, 0.717) is 6.04 Å². The largest absolute Gasteiger partial charge is 0.368 e. The third kappa shape index (κ3) is 2.24. The Kier molecular flexibility index (Phi) is 2.80. The first-order chi connectivity index (χ1) is 8.74. The molecule has 18 heavy (non-hydrogen) atoms. The van der Waals surface area contributed by atoms with Gasteiger partial charge in [-0.1, -0.05) is 18.2 Å². The highest BCUT2D eigenvalue weighted by Crippen LogP contribution is 2.23. The summed E-state index contributed by atoms with van der Waals surface area (Å²) in [5.74, 6) is -0.308. The topological polar surface area (TPSA) is 60.1 Å². The minimum atomic E-state index is -0.308. The Morgan fingerprint density at radius 2 is 2.22 bits per heavy atom. The number of aromatic nitrogens is 1. The van der Waals surface area contributed by atoms with Crippen LogP contribution in [-0.2, 0) is 17.9 Å². The lowest BCUT2D eigenvalue weighted by Crippen LogP contribution is -2.19. The second kappa shape index (κ2) is 4.46. The van der Waals surface area contributed by atoms with E-state index < -0.39 is 0 Å². The van der Waals surface area contributed by atoms with Gasteiger partial charge in [0.15, 0.2) is 0 Å². The molecule has 1 saturated carbocycles. The summed E-state index contributed by atoms with van der Waals surface area (Å²) < 4.78 is 1.93. The second-order valence-corrected chi connectivity index (χ2v) is 4.92. The van der Waals surface area contributed by atoms with E-state index >= 15 is 0 Å². The smallest absolute Gasteiger partial charge is 0.237 e. The van der Waals surface area contributed by atoms with Gasteiger partial charge in [0.25, 0.3) is 0 Å². The lowest BCUT2D eigenvalue weighted by atomic mass is 10.1. The molecule has 1 aliphatic carbocycles. The summed E-state index contributed by atoms with van der Waals surface area (Å²) in [4.78, 5) is 11.1. The number of benzene rings is 1. The summed E-state index contributed by atoms with van der Waals surface area (Å²) in [5, 5.41) is 4.66. The van der Waals surface area contributed by atoms with Gasteiger partial charge in [-0.05, 0) is 29.9 Å². The Morgan fingerprint density at radius 1 is 1.39 bits per heavy atom. The SMILES string of the molecule is NC(=O)Cn1ccc2cccc(CNC3CC3)c21. The minimum Gasteiger partial charge on any atom is -0.368 e. The van der Waals surface area contributed by atoms with Crippen molar-refractivity contribution in [2.75, 3.05) is 0 Å². The van der Waals surface area contributed by atoms with E-state index in [0.717, 1.165) is 17.4 Å². The van der Waals surface area contributed by atoms with Crippen LogP contribution in [0.4, 0.5) is 0 Å². The summed E-state index contributed by atoms with van der Waals surface area (Å²) in [7, 11) is 0. The molecule has 4 heteroatoms. The lowest BCUT2D eigenvalue weighted by molar-refractivity contribution is -0.118. The van der Waals surface area contributed by atoms with E-state index in [1.807, 2.05) is 16.8 Å². The van der Waals surface area contributed by atoms with Crippen LogP contribution in [0.15, 0.2) is 30.5 Å². The van der Waals surface area contributed by atoms with Crippen molar-refractivity contribution in [1.82, 2.24) is 9.88 Å². The molecule has 0 saturated heterocycles. The molecule has 0 unspecified atom stereocenters. The molecule has 0 atom stereocenters. The fraction of sp³-hybridized carbons (Fsp3) is 0.357. The fourth-order valence-electron chi connectivity index (χ4n) is 2.32. The molecule has 3 N–H and O–H groups in total. The van der Waals surface area contributed by atoms with Gasteiger partial charge in [0.1, 0.15) is 6.54 Å². The van der Waals surface area contributed by atoms with Crippen LogP contribution in [0.25, 0.3) is 10.9 Å². The molecule has 1 aliphatic rings. The zero-order valence-corrected chi connectivity index (χ0v) is 10.2. The van der Waals surface area contributed by atoms with Crippen molar-refractivity contribution in [3.05, 3.63) is 36.0 Å². The molecule has 0 aliphatic heterocycles. The Balaban J connectivity index is 1.94. The second-order valence-electron chi connectivity index (χ2n) is 4.92. The first-order valence-electron chi connectivity index (χ1n) is 6.32. The van der Waals surface area contributed by atoms with E-state index in [1.165, 1.54) is 18.4 Å². The van der Waals surface area contributed by atoms with Gasteiger partial charge < -0.3 is 15.6 Å². The van der Waals surface area contributed by atoms with E-state index in [4.69, 9.17) is 5.73 Å². The maximum Gasteiger partial charge on any atom is 0.237 e. The lowest BCUT2D eigenvalue weighted by Gasteiger charge is -2.09. The Labute approximate surface area is 106 Å². The van der Waals surface area contributed by atoms with Gasteiger partial charge in [-0.2, -0.15) is 0 Å². The van der Waals surface area contributed by atoms with Crippen LogP contribution < -0.4 is 11.1 Å². The first-order valence-corrected chi connectivity index (χ1v) is 6.32. The number of hydrogen-bond donors (Lipinski definition) is 2. The van der Waals surface area contributed by atoms with Crippen molar-refractivity contribution in [3.63, 3.8) is 0 Å². The molecule has 1 amide bonds. The zero-order valence-electron chi connectivity index (χ0n) is 10.2. The van der Waals surface area contributed by atoms with Gasteiger partial charge >= 0.3 is 0 Å². The van der Waals surface area contributed by atoms with Gasteiger partial charge in [-0.3, -0.25) is 4.79 Å². The summed E-state index contributed by atoms with van der Waals surface area (Å²) in [6.07, 6.45) is 4.48. The molecule has 4 nitrogen and oxygen atoms in total. The van der Waals surface area contributed by atoms with E-state index in [1.54, 1.807) is 0 Å². The van der Waals surface area contributed by atoms with Gasteiger partial charge in [0, 0.05) is 18.8 Å². The molecule has 0 bridgehead atoms. The molecule has 0 spiro atoms. The number of hydrogen-bond acceptors (Lipinski definition) is 2. The molecule has 94 valence electrons. The predicted octanol–water partition coefficient (Wildman–Crippen LogP) is 1.38. The molecular weight excluding hydrogens is 226 g/mol. The van der Waals surface area contributed by atoms with Crippen molar-refractivity contribution < 1.29 is 4.79 Å². The number of fused-ring (bicyclic) bond motifs is 1. The normalized spacial score (nSPS) is 15.1. The van der Waals surface area contributed by atoms with E-state index in [2.05, 4.69) is 23.5 Å². The maximum absolute atomic E-state index is 11.1. The van der Waals surface area contributed by atoms with Crippen LogP contribution in [0.3, 0.4) is 0 Å². The van der Waals surface area contributed by atoms with Crippen molar-refractivity contribution in [3.8, 4) is 0 Å². The van der Waals surface area contributed by atoms with Crippen LogP contribution in [0.5, 0.6) is 0 Å². The molecule has 1 aromatic heterocycles. The standard InChI is InChI=1S/C14H17N3O/c15-13(18)9-17-7-6-10-2-1-3-11(14(10)17)8-16-12-4-5-12/h1-3,6-7,12,16H,4-5,8-9H2,(H2,15,18). The number of nitrogens with one attached hydrogen (secondary N) is 1. The van der Waals surface area contributed by atoms with E-state index in [9.17, 15) is 4.79 Å². The van der Waals surface area contributed by atoms with Crippen LogP contribution in [0, 0.1) is 0 Å². The molecule has 2 aromatic rings. The van der Waals surface area contributed by atoms with Crippen molar-refractivity contribution in [1.29, 1.82) is 0 Å². The highest BCUT2D eigenvalue weighted by molar-refractivity contribution is 5.85. The number of primary amides is 1. The van der Waals surface area contributed by atoms with Crippen LogP contribution >= 0.6 is 0 Å². The van der Waals surface area contributed by atoms with Gasteiger partial charge in [0.05, 0.1) is 5.52 Å². The summed E-state index contributed by atoms with van der Waals surface area (Å²) >= 11 is 0. The molecular formula is C14H17N3O. The van der Waals surface area contributed by atoms with Gasteiger partial charge in [-0.15, -0.1) is 0 Å². The van der Waals surface area contributed by atoms with Gasteiger partial charge in [-0.25, -0.2) is 0 Å². The van der Waals surface area contributed by atoms with Crippen LogP contribution in [-0.4, -0.2) is 16.5 Å². The number of carbonyl (C=O) groups excluding carboxylic acids is 1.